The third-order valence-corrected chi connectivity index (χ3v) is 5.27. The van der Waals surface area contributed by atoms with Gasteiger partial charge in [-0.05, 0) is 14.1 Å². The van der Waals surface area contributed by atoms with Crippen molar-refractivity contribution in [3.8, 4) is 0 Å². The van der Waals surface area contributed by atoms with E-state index in [1.54, 1.807) is 11.6 Å². The Balaban J connectivity index is 1.93. The number of fused-ring (bicyclic) bond motifs is 1. The number of imidazole rings is 1. The van der Waals surface area contributed by atoms with Crippen LogP contribution in [0.4, 0.5) is 0 Å². The number of rotatable bonds is 8. The first kappa shape index (κ1) is 16.7. The maximum Gasteiger partial charge on any atom is 0.259 e. The Kier molecular flexibility index (Phi) is 5.58. The predicted molar refractivity (Wildman–Crippen MR) is 82.6 cm³/mol. The van der Waals surface area contributed by atoms with Crippen LogP contribution >= 0.6 is 22.9 Å². The molecule has 1 N–H and O–H groups in total. The third-order valence-electron chi connectivity index (χ3n) is 2.65. The van der Waals surface area contributed by atoms with Crippen LogP contribution in [0.15, 0.2) is 16.6 Å². The summed E-state index contributed by atoms with van der Waals surface area (Å²) in [5, 5.41) is 1.69. The van der Waals surface area contributed by atoms with Crippen molar-refractivity contribution in [3.63, 3.8) is 0 Å². The first-order valence-corrected chi connectivity index (χ1v) is 8.99. The van der Waals surface area contributed by atoms with E-state index in [9.17, 15) is 8.42 Å². The van der Waals surface area contributed by atoms with Crippen molar-refractivity contribution < 1.29 is 13.2 Å². The van der Waals surface area contributed by atoms with Crippen molar-refractivity contribution in [2.24, 2.45) is 0 Å². The molecule has 0 aliphatic heterocycles. The zero-order valence-electron chi connectivity index (χ0n) is 11.7. The van der Waals surface area contributed by atoms with Crippen LogP contribution in [0.25, 0.3) is 4.96 Å². The van der Waals surface area contributed by atoms with Crippen LogP contribution in [-0.4, -0.2) is 63.1 Å². The monoisotopic (exact) mass is 352 g/mol. The standard InChI is InChI=1S/C11H17ClN4O3S2/c1-15(2)4-7-19-6-3-13-21(17,18)10-9(12)14-11-16(10)5-8-20-11/h5,8,13H,3-4,6-7H2,1-2H3. The zero-order valence-corrected chi connectivity index (χ0v) is 14.1. The molecule has 21 heavy (non-hydrogen) atoms. The van der Waals surface area contributed by atoms with Gasteiger partial charge in [0.2, 0.25) is 0 Å². The van der Waals surface area contributed by atoms with E-state index in [0.29, 0.717) is 18.2 Å². The lowest BCUT2D eigenvalue weighted by atomic mass is 10.6. The molecule has 2 aromatic rings. The van der Waals surface area contributed by atoms with Gasteiger partial charge >= 0.3 is 0 Å². The molecule has 0 atom stereocenters. The van der Waals surface area contributed by atoms with Gasteiger partial charge in [-0.15, -0.1) is 11.3 Å². The summed E-state index contributed by atoms with van der Waals surface area (Å²) in [7, 11) is 0.176. The molecule has 0 fully saturated rings. The van der Waals surface area contributed by atoms with Gasteiger partial charge in [0.1, 0.15) is 0 Å². The highest BCUT2D eigenvalue weighted by atomic mass is 35.5. The lowest BCUT2D eigenvalue weighted by Gasteiger charge is -2.10. The first-order valence-electron chi connectivity index (χ1n) is 6.25. The van der Waals surface area contributed by atoms with Crippen LogP contribution in [0.1, 0.15) is 0 Å². The first-order chi connectivity index (χ1) is 9.92. The summed E-state index contributed by atoms with van der Waals surface area (Å²) in [6, 6.07) is 0. The van der Waals surface area contributed by atoms with Gasteiger partial charge < -0.3 is 9.64 Å². The van der Waals surface area contributed by atoms with E-state index >= 15 is 0 Å². The minimum Gasteiger partial charge on any atom is -0.379 e. The van der Waals surface area contributed by atoms with Crippen LogP contribution < -0.4 is 4.72 Å². The number of thiazole rings is 1. The normalized spacial score (nSPS) is 12.6. The summed E-state index contributed by atoms with van der Waals surface area (Å²) in [6.07, 6.45) is 1.63. The fraction of sp³-hybridized carbons (Fsp3) is 0.545. The van der Waals surface area contributed by atoms with Gasteiger partial charge in [0.25, 0.3) is 10.0 Å². The van der Waals surface area contributed by atoms with Gasteiger partial charge in [-0.2, -0.15) is 0 Å². The number of nitrogens with one attached hydrogen (secondary N) is 1. The Morgan fingerprint density at radius 3 is 2.95 bits per heavy atom. The molecule has 0 amide bonds. The Labute approximate surface area is 132 Å². The average molecular weight is 353 g/mol. The largest absolute Gasteiger partial charge is 0.379 e. The molecule has 2 aromatic heterocycles. The molecule has 0 saturated carbocycles. The molecule has 2 heterocycles. The van der Waals surface area contributed by atoms with E-state index < -0.39 is 10.0 Å². The Bertz CT molecular complexity index is 695. The molecule has 0 bridgehead atoms. The van der Waals surface area contributed by atoms with E-state index in [-0.39, 0.29) is 16.7 Å². The van der Waals surface area contributed by atoms with Gasteiger partial charge in [0.15, 0.2) is 15.1 Å². The highest BCUT2D eigenvalue weighted by Gasteiger charge is 2.24. The molecule has 7 nitrogen and oxygen atoms in total. The second-order valence-corrected chi connectivity index (χ2v) is 7.49. The molecule has 0 aromatic carbocycles. The summed E-state index contributed by atoms with van der Waals surface area (Å²) < 4.78 is 33.8. The number of likely N-dealkylation sites (N-methyl/N-ethyl adjacent to an activating group) is 1. The van der Waals surface area contributed by atoms with Gasteiger partial charge in [0, 0.05) is 24.7 Å². The molecule has 0 saturated heterocycles. The summed E-state index contributed by atoms with van der Waals surface area (Å²) >= 11 is 7.23. The topological polar surface area (TPSA) is 75.9 Å². The van der Waals surface area contributed by atoms with Crippen LogP contribution in [0.5, 0.6) is 0 Å². The van der Waals surface area contributed by atoms with Crippen LogP contribution in [0, 0.1) is 0 Å². The van der Waals surface area contributed by atoms with Gasteiger partial charge in [-0.25, -0.2) is 18.1 Å². The average Bonchev–Trinajstić information content (AvgIpc) is 2.92. The van der Waals surface area contributed by atoms with Crippen molar-refractivity contribution in [2.75, 3.05) is 40.4 Å². The summed E-state index contributed by atoms with van der Waals surface area (Å²) in [4.78, 5) is 6.54. The number of nitrogens with zero attached hydrogens (tertiary/aromatic N) is 3. The summed E-state index contributed by atoms with van der Waals surface area (Å²) in [5.41, 5.74) is 0. The van der Waals surface area contributed by atoms with Crippen molar-refractivity contribution in [3.05, 3.63) is 16.7 Å². The quantitative estimate of drug-likeness (QED) is 0.714. The lowest BCUT2D eigenvalue weighted by molar-refractivity contribution is 0.122. The van der Waals surface area contributed by atoms with E-state index in [4.69, 9.17) is 16.3 Å². The van der Waals surface area contributed by atoms with Crippen molar-refractivity contribution in [2.45, 2.75) is 5.03 Å². The molecule has 0 radical (unpaired) electrons. The van der Waals surface area contributed by atoms with Crippen molar-refractivity contribution >= 4 is 37.9 Å². The van der Waals surface area contributed by atoms with Gasteiger partial charge in [0.05, 0.1) is 13.2 Å². The number of hydrogen-bond acceptors (Lipinski definition) is 6. The number of ether oxygens (including phenoxy) is 1. The Hall–Kier alpha value is -0.710. The number of sulfonamides is 1. The molecule has 118 valence electrons. The summed E-state index contributed by atoms with van der Waals surface area (Å²) in [6.45, 7) is 1.83. The second-order valence-electron chi connectivity index (χ2n) is 4.58. The van der Waals surface area contributed by atoms with Crippen molar-refractivity contribution in [1.82, 2.24) is 19.0 Å². The van der Waals surface area contributed by atoms with Gasteiger partial charge in [-0.1, -0.05) is 11.6 Å². The van der Waals surface area contributed by atoms with Crippen LogP contribution in [0.2, 0.25) is 5.15 Å². The highest BCUT2D eigenvalue weighted by molar-refractivity contribution is 7.89. The maximum absolute atomic E-state index is 12.3. The fourth-order valence-corrected chi connectivity index (χ4v) is 4.10. The molecule has 0 aliphatic rings. The number of aromatic nitrogens is 2. The van der Waals surface area contributed by atoms with E-state index in [2.05, 4.69) is 9.71 Å². The highest BCUT2D eigenvalue weighted by Crippen LogP contribution is 2.24. The third kappa shape index (κ3) is 4.15. The van der Waals surface area contributed by atoms with E-state index in [1.165, 1.54) is 15.7 Å². The Morgan fingerprint density at radius 2 is 2.24 bits per heavy atom. The smallest absolute Gasteiger partial charge is 0.259 e. The molecular formula is C11H17ClN4O3S2. The minimum absolute atomic E-state index is 0.0251. The predicted octanol–water partition coefficient (Wildman–Crippen LogP) is 0.906. The second kappa shape index (κ2) is 7.03. The van der Waals surface area contributed by atoms with Gasteiger partial charge in [-0.3, -0.25) is 4.40 Å². The number of halogens is 1. The molecule has 2 rings (SSSR count). The molecule has 0 spiro atoms. The molecule has 10 heteroatoms. The molecular weight excluding hydrogens is 336 g/mol. The maximum atomic E-state index is 12.3. The lowest BCUT2D eigenvalue weighted by Crippen LogP contribution is -2.29. The van der Waals surface area contributed by atoms with Crippen LogP contribution in [0.3, 0.4) is 0 Å². The molecule has 0 aliphatic carbocycles. The van der Waals surface area contributed by atoms with E-state index in [0.717, 1.165) is 6.54 Å². The Morgan fingerprint density at radius 1 is 1.48 bits per heavy atom. The minimum atomic E-state index is -3.71. The van der Waals surface area contributed by atoms with Crippen molar-refractivity contribution in [1.29, 1.82) is 0 Å². The summed E-state index contributed by atoms with van der Waals surface area (Å²) in [5.74, 6) is 0. The van der Waals surface area contributed by atoms with E-state index in [1.807, 2.05) is 19.0 Å². The fourth-order valence-electron chi connectivity index (χ4n) is 1.64. The molecule has 0 unspecified atom stereocenters. The number of hydrogen-bond donors (Lipinski definition) is 1. The zero-order chi connectivity index (χ0) is 15.5. The SMILES string of the molecule is CN(C)CCOCCNS(=O)(=O)c1c(Cl)nc2sccn12. The van der Waals surface area contributed by atoms with Crippen LogP contribution in [-0.2, 0) is 14.8 Å².